The van der Waals surface area contributed by atoms with Crippen LogP contribution in [-0.4, -0.2) is 59.1 Å². The minimum atomic E-state index is -1.04. The van der Waals surface area contributed by atoms with E-state index in [1.54, 1.807) is 0 Å². The molecule has 0 spiro atoms. The smallest absolute Gasteiger partial charge is 0.329 e. The van der Waals surface area contributed by atoms with Gasteiger partial charge < -0.3 is 19.9 Å². The maximum atomic E-state index is 11.9. The highest BCUT2D eigenvalue weighted by molar-refractivity contribution is 5.93. The lowest BCUT2D eigenvalue weighted by atomic mass is 10.1. The Hall–Kier alpha value is -1.93. The van der Waals surface area contributed by atoms with Crippen LogP contribution < -0.4 is 5.32 Å². The average Bonchev–Trinajstić information content (AvgIpc) is 2.91. The minimum absolute atomic E-state index is 0.298. The van der Waals surface area contributed by atoms with Crippen LogP contribution in [0.1, 0.15) is 16.8 Å². The fraction of sp³-hybridized carbons (Fsp3) is 0.545. The third-order valence-corrected chi connectivity index (χ3v) is 2.79. The van der Waals surface area contributed by atoms with Crippen molar-refractivity contribution in [2.24, 2.45) is 0 Å². The number of ether oxygens (including phenoxy) is 2. The molecule has 1 fully saturated rings. The van der Waals surface area contributed by atoms with Crippen molar-refractivity contribution in [2.75, 3.05) is 19.8 Å². The average molecular weight is 269 g/mol. The third kappa shape index (κ3) is 3.76. The molecule has 0 radical (unpaired) electrons. The molecule has 2 rings (SSSR count). The van der Waals surface area contributed by atoms with Crippen LogP contribution in [0.15, 0.2) is 12.4 Å². The molecule has 0 saturated carbocycles. The molecule has 1 aromatic rings. The normalized spacial score (nSPS) is 22.9. The van der Waals surface area contributed by atoms with Gasteiger partial charge in [-0.05, 0) is 6.42 Å². The van der Waals surface area contributed by atoms with Gasteiger partial charge in [-0.15, -0.1) is 0 Å². The number of carboxylic acid groups (broad SMARTS) is 1. The van der Waals surface area contributed by atoms with E-state index in [0.29, 0.717) is 25.2 Å². The van der Waals surface area contributed by atoms with Gasteiger partial charge in [-0.1, -0.05) is 0 Å². The zero-order valence-electron chi connectivity index (χ0n) is 10.2. The highest BCUT2D eigenvalue weighted by Crippen LogP contribution is 2.12. The van der Waals surface area contributed by atoms with Gasteiger partial charge in [0, 0.05) is 12.8 Å². The van der Waals surface area contributed by atoms with Crippen LogP contribution in [0.25, 0.3) is 0 Å². The van der Waals surface area contributed by atoms with Crippen LogP contribution in [0.2, 0.25) is 0 Å². The lowest BCUT2D eigenvalue weighted by Crippen LogP contribution is -2.50. The van der Waals surface area contributed by atoms with Crippen LogP contribution in [0.4, 0.5) is 0 Å². The van der Waals surface area contributed by atoms with Crippen molar-refractivity contribution in [1.29, 1.82) is 0 Å². The van der Waals surface area contributed by atoms with E-state index in [1.165, 1.54) is 12.4 Å². The number of aliphatic carboxylic acids is 1. The number of hydrogen-bond donors (Lipinski definition) is 3. The summed E-state index contributed by atoms with van der Waals surface area (Å²) >= 11 is 0. The summed E-state index contributed by atoms with van der Waals surface area (Å²) in [5.41, 5.74) is 0.405. The van der Waals surface area contributed by atoms with Crippen molar-refractivity contribution in [2.45, 2.75) is 18.6 Å². The van der Waals surface area contributed by atoms with Gasteiger partial charge in [-0.2, -0.15) is 5.10 Å². The minimum Gasteiger partial charge on any atom is -0.480 e. The molecule has 19 heavy (non-hydrogen) atoms. The summed E-state index contributed by atoms with van der Waals surface area (Å²) in [6.45, 7) is 0.402. The van der Waals surface area contributed by atoms with E-state index in [4.69, 9.17) is 14.6 Å². The van der Waals surface area contributed by atoms with Gasteiger partial charge >= 0.3 is 5.97 Å². The van der Waals surface area contributed by atoms with Crippen molar-refractivity contribution in [3.8, 4) is 0 Å². The lowest BCUT2D eigenvalue weighted by Gasteiger charge is -2.31. The SMILES string of the molecule is O=C(O)CO[C@@H]1CCOC[C@@H]1NC(=O)c1cn[nH]c1. The molecule has 8 nitrogen and oxygen atoms in total. The molecule has 1 aliphatic heterocycles. The molecule has 0 unspecified atom stereocenters. The summed E-state index contributed by atoms with van der Waals surface area (Å²) in [4.78, 5) is 22.4. The Morgan fingerprint density at radius 1 is 1.63 bits per heavy atom. The van der Waals surface area contributed by atoms with Crippen LogP contribution in [0, 0.1) is 0 Å². The van der Waals surface area contributed by atoms with Gasteiger partial charge in [0.25, 0.3) is 5.91 Å². The molecule has 2 heterocycles. The van der Waals surface area contributed by atoms with Crippen molar-refractivity contribution < 1.29 is 24.2 Å². The fourth-order valence-corrected chi connectivity index (χ4v) is 1.86. The molecular formula is C11H15N3O5. The molecule has 0 aliphatic carbocycles. The summed E-state index contributed by atoms with van der Waals surface area (Å²) in [6.07, 6.45) is 3.07. The fourth-order valence-electron chi connectivity index (χ4n) is 1.86. The van der Waals surface area contributed by atoms with Gasteiger partial charge in [-0.25, -0.2) is 4.79 Å². The van der Waals surface area contributed by atoms with Gasteiger partial charge in [0.2, 0.25) is 0 Å². The molecule has 104 valence electrons. The second-order valence-electron chi connectivity index (χ2n) is 4.17. The number of H-pyrrole nitrogens is 1. The van der Waals surface area contributed by atoms with Crippen molar-refractivity contribution in [1.82, 2.24) is 15.5 Å². The number of carbonyl (C=O) groups is 2. The number of amides is 1. The number of carboxylic acids is 1. The Morgan fingerprint density at radius 3 is 3.16 bits per heavy atom. The second kappa shape index (κ2) is 6.30. The van der Waals surface area contributed by atoms with Gasteiger partial charge in [-0.3, -0.25) is 9.89 Å². The van der Waals surface area contributed by atoms with Crippen LogP contribution in [0.3, 0.4) is 0 Å². The predicted molar refractivity (Wildman–Crippen MR) is 62.7 cm³/mol. The number of nitrogens with zero attached hydrogens (tertiary/aromatic N) is 1. The van der Waals surface area contributed by atoms with E-state index < -0.39 is 5.97 Å². The van der Waals surface area contributed by atoms with E-state index in [-0.39, 0.29) is 24.7 Å². The third-order valence-electron chi connectivity index (χ3n) is 2.79. The molecule has 3 N–H and O–H groups in total. The zero-order chi connectivity index (χ0) is 13.7. The predicted octanol–water partition coefficient (Wildman–Crippen LogP) is -0.602. The lowest BCUT2D eigenvalue weighted by molar-refractivity contribution is -0.147. The Balaban J connectivity index is 1.91. The largest absolute Gasteiger partial charge is 0.480 e. The number of aromatic amines is 1. The molecular weight excluding hydrogens is 254 g/mol. The molecule has 1 saturated heterocycles. The highest BCUT2D eigenvalue weighted by Gasteiger charge is 2.28. The maximum Gasteiger partial charge on any atom is 0.329 e. The standard InChI is InChI=1S/C11H15N3O5/c15-10(16)6-19-9-1-2-18-5-8(9)14-11(17)7-3-12-13-4-7/h3-4,8-9H,1-2,5-6H2,(H,12,13)(H,14,17)(H,15,16)/t8-,9+/m0/s1. The topological polar surface area (TPSA) is 114 Å². The Labute approximate surface area is 109 Å². The summed E-state index contributed by atoms with van der Waals surface area (Å²) in [6, 6.07) is -0.365. The quantitative estimate of drug-likeness (QED) is 0.657. The molecule has 1 amide bonds. The van der Waals surface area contributed by atoms with Crippen LogP contribution in [0.5, 0.6) is 0 Å². The molecule has 8 heteroatoms. The van der Waals surface area contributed by atoms with Gasteiger partial charge in [0.15, 0.2) is 0 Å². The number of rotatable bonds is 5. The van der Waals surface area contributed by atoms with E-state index >= 15 is 0 Å². The summed E-state index contributed by atoms with van der Waals surface area (Å²) in [7, 11) is 0. The van der Waals surface area contributed by atoms with E-state index in [2.05, 4.69) is 15.5 Å². The maximum absolute atomic E-state index is 11.9. The molecule has 1 aromatic heterocycles. The molecule has 2 atom stereocenters. The first kappa shape index (κ1) is 13.5. The van der Waals surface area contributed by atoms with Gasteiger partial charge in [0.05, 0.1) is 30.5 Å². The first-order valence-electron chi connectivity index (χ1n) is 5.87. The zero-order valence-corrected chi connectivity index (χ0v) is 10.2. The highest BCUT2D eigenvalue weighted by atomic mass is 16.5. The number of aromatic nitrogens is 2. The first-order valence-corrected chi connectivity index (χ1v) is 5.87. The van der Waals surface area contributed by atoms with E-state index in [1.807, 2.05) is 0 Å². The van der Waals surface area contributed by atoms with Crippen LogP contribution >= 0.6 is 0 Å². The molecule has 0 bridgehead atoms. The monoisotopic (exact) mass is 269 g/mol. The Kier molecular flexibility index (Phi) is 4.48. The van der Waals surface area contributed by atoms with Crippen molar-refractivity contribution >= 4 is 11.9 Å². The first-order chi connectivity index (χ1) is 9.16. The van der Waals surface area contributed by atoms with Crippen LogP contribution in [-0.2, 0) is 14.3 Å². The van der Waals surface area contributed by atoms with E-state index in [9.17, 15) is 9.59 Å². The number of hydrogen-bond acceptors (Lipinski definition) is 5. The summed E-state index contributed by atoms with van der Waals surface area (Å²) < 4.78 is 10.5. The van der Waals surface area contributed by atoms with Gasteiger partial charge in [0.1, 0.15) is 6.61 Å². The van der Waals surface area contributed by atoms with Crippen molar-refractivity contribution in [3.63, 3.8) is 0 Å². The molecule has 1 aliphatic rings. The Bertz CT molecular complexity index is 434. The summed E-state index contributed by atoms with van der Waals surface area (Å²) in [5, 5.41) is 17.6. The second-order valence-corrected chi connectivity index (χ2v) is 4.17. The Morgan fingerprint density at radius 2 is 2.47 bits per heavy atom. The van der Waals surface area contributed by atoms with E-state index in [0.717, 1.165) is 0 Å². The number of carbonyl (C=O) groups excluding carboxylic acids is 1. The number of nitrogens with one attached hydrogen (secondary N) is 2. The summed E-state index contributed by atoms with van der Waals surface area (Å²) in [5.74, 6) is -1.33. The molecule has 0 aromatic carbocycles. The van der Waals surface area contributed by atoms with Crippen molar-refractivity contribution in [3.05, 3.63) is 18.0 Å².